The van der Waals surface area contributed by atoms with Crippen LogP contribution in [-0.2, 0) is 4.79 Å². The number of carboxylic acid groups (broad SMARTS) is 1. The van der Waals surface area contributed by atoms with Crippen molar-refractivity contribution >= 4 is 62.5 Å². The molecular formula is C11H8ClN5O2S2. The molecule has 0 saturated heterocycles. The first-order valence-corrected chi connectivity index (χ1v) is 7.66. The molecular weight excluding hydrogens is 334 g/mol. The summed E-state index contributed by atoms with van der Waals surface area (Å²) in [5.41, 5.74) is 7.77. The molecule has 0 aliphatic rings. The Balaban J connectivity index is 1.94. The highest BCUT2D eigenvalue weighted by molar-refractivity contribution is 7.13. The Bertz CT molecular complexity index is 818. The highest BCUT2D eigenvalue weighted by Crippen LogP contribution is 2.33. The van der Waals surface area contributed by atoms with Crippen LogP contribution < -0.4 is 11.1 Å². The fourth-order valence-electron chi connectivity index (χ4n) is 1.67. The average Bonchev–Trinajstić information content (AvgIpc) is 3.10. The molecule has 0 radical (unpaired) electrons. The van der Waals surface area contributed by atoms with Crippen LogP contribution in [0.4, 0.5) is 10.8 Å². The number of fused-ring (bicyclic) bond motifs is 1. The molecule has 0 amide bonds. The van der Waals surface area contributed by atoms with Gasteiger partial charge in [-0.05, 0) is 12.1 Å². The van der Waals surface area contributed by atoms with E-state index in [4.69, 9.17) is 22.4 Å². The lowest BCUT2D eigenvalue weighted by Crippen LogP contribution is -2.20. The number of anilines is 2. The fourth-order valence-corrected chi connectivity index (χ4v) is 3.16. The van der Waals surface area contributed by atoms with Crippen LogP contribution in [0.15, 0.2) is 17.5 Å². The van der Waals surface area contributed by atoms with Crippen molar-refractivity contribution in [3.05, 3.63) is 28.2 Å². The van der Waals surface area contributed by atoms with Crippen LogP contribution in [0.2, 0.25) is 5.02 Å². The molecule has 0 spiro atoms. The molecule has 10 heteroatoms. The van der Waals surface area contributed by atoms with Gasteiger partial charge in [0.15, 0.2) is 5.13 Å². The number of nitrogens with two attached hydrogens (primary N) is 1. The van der Waals surface area contributed by atoms with Crippen molar-refractivity contribution in [2.45, 2.75) is 6.04 Å². The minimum atomic E-state index is -1.15. The lowest BCUT2D eigenvalue weighted by Gasteiger charge is -2.05. The number of aliphatic carboxylic acids is 1. The first-order chi connectivity index (χ1) is 10.1. The molecule has 0 aliphatic carbocycles. The van der Waals surface area contributed by atoms with Gasteiger partial charge in [0.2, 0.25) is 0 Å². The van der Waals surface area contributed by atoms with Gasteiger partial charge in [0.1, 0.15) is 17.1 Å². The zero-order valence-electron chi connectivity index (χ0n) is 10.3. The van der Waals surface area contributed by atoms with E-state index in [-0.39, 0.29) is 5.69 Å². The summed E-state index contributed by atoms with van der Waals surface area (Å²) in [7, 11) is 0. The molecule has 2 heterocycles. The van der Waals surface area contributed by atoms with Crippen molar-refractivity contribution in [2.75, 3.05) is 5.32 Å². The number of hydrogen-bond acceptors (Lipinski definition) is 8. The predicted octanol–water partition coefficient (Wildman–Crippen LogP) is 2.63. The standard InChI is InChI=1S/C11H8ClN5O2S2/c12-4-1-2-5-9(17-21-16-5)8(4)15-11-14-6(3-20-11)7(13)10(18)19/h1-3,7H,13H2,(H,14,15)(H,18,19). The molecule has 7 nitrogen and oxygen atoms in total. The third kappa shape index (κ3) is 2.68. The Labute approximate surface area is 131 Å². The minimum Gasteiger partial charge on any atom is -0.480 e. The molecule has 108 valence electrons. The molecule has 3 rings (SSSR count). The first kappa shape index (κ1) is 14.1. The van der Waals surface area contributed by atoms with Gasteiger partial charge in [-0.2, -0.15) is 8.75 Å². The highest BCUT2D eigenvalue weighted by atomic mass is 35.5. The van der Waals surface area contributed by atoms with Crippen LogP contribution in [-0.4, -0.2) is 24.8 Å². The summed E-state index contributed by atoms with van der Waals surface area (Å²) in [6, 6.07) is 2.34. The van der Waals surface area contributed by atoms with Crippen LogP contribution in [0.5, 0.6) is 0 Å². The SMILES string of the molecule is NC(C(=O)O)c1csc(Nc2c(Cl)ccc3nsnc23)n1. The maximum absolute atomic E-state index is 10.8. The number of nitrogens with one attached hydrogen (secondary N) is 1. The summed E-state index contributed by atoms with van der Waals surface area (Å²) in [5.74, 6) is -1.13. The van der Waals surface area contributed by atoms with Gasteiger partial charge in [0, 0.05) is 5.38 Å². The molecule has 1 atom stereocenters. The van der Waals surface area contributed by atoms with E-state index in [0.29, 0.717) is 21.4 Å². The third-order valence-corrected chi connectivity index (χ3v) is 4.35. The van der Waals surface area contributed by atoms with Crippen molar-refractivity contribution in [2.24, 2.45) is 5.73 Å². The van der Waals surface area contributed by atoms with E-state index < -0.39 is 12.0 Å². The Morgan fingerprint density at radius 1 is 1.43 bits per heavy atom. The van der Waals surface area contributed by atoms with E-state index in [9.17, 15) is 4.79 Å². The smallest absolute Gasteiger partial charge is 0.326 e. The predicted molar refractivity (Wildman–Crippen MR) is 82.4 cm³/mol. The Hall–Kier alpha value is -1.81. The van der Waals surface area contributed by atoms with Crippen molar-refractivity contribution < 1.29 is 9.90 Å². The van der Waals surface area contributed by atoms with Gasteiger partial charge in [-0.25, -0.2) is 4.98 Å². The number of rotatable bonds is 4. The van der Waals surface area contributed by atoms with Gasteiger partial charge in [-0.1, -0.05) is 11.6 Å². The van der Waals surface area contributed by atoms with Crippen molar-refractivity contribution in [1.82, 2.24) is 13.7 Å². The number of halogens is 1. The molecule has 1 unspecified atom stereocenters. The fraction of sp³-hybridized carbons (Fsp3) is 0.0909. The van der Waals surface area contributed by atoms with Crippen molar-refractivity contribution in [1.29, 1.82) is 0 Å². The molecule has 0 fully saturated rings. The first-order valence-electron chi connectivity index (χ1n) is 5.68. The molecule has 0 aliphatic heterocycles. The second-order valence-electron chi connectivity index (χ2n) is 4.07. The number of carboxylic acids is 1. The minimum absolute atomic E-state index is 0.287. The number of thiazole rings is 1. The summed E-state index contributed by atoms with van der Waals surface area (Å²) >= 11 is 8.49. The van der Waals surface area contributed by atoms with E-state index in [1.807, 2.05) is 0 Å². The van der Waals surface area contributed by atoms with Crippen LogP contribution in [0.1, 0.15) is 11.7 Å². The maximum Gasteiger partial charge on any atom is 0.326 e. The van der Waals surface area contributed by atoms with Gasteiger partial charge in [0.05, 0.1) is 28.1 Å². The molecule has 1 aromatic carbocycles. The molecule has 21 heavy (non-hydrogen) atoms. The maximum atomic E-state index is 10.8. The molecule has 3 aromatic rings. The monoisotopic (exact) mass is 341 g/mol. The number of hydrogen-bond donors (Lipinski definition) is 3. The number of aromatic nitrogens is 3. The second-order valence-corrected chi connectivity index (χ2v) is 5.87. The van der Waals surface area contributed by atoms with E-state index in [1.54, 1.807) is 17.5 Å². The lowest BCUT2D eigenvalue weighted by atomic mass is 10.2. The molecule has 2 aromatic heterocycles. The summed E-state index contributed by atoms with van der Waals surface area (Å²) in [4.78, 5) is 15.0. The highest BCUT2D eigenvalue weighted by Gasteiger charge is 2.18. The summed E-state index contributed by atoms with van der Waals surface area (Å²) in [5, 5.41) is 14.5. The van der Waals surface area contributed by atoms with Gasteiger partial charge >= 0.3 is 5.97 Å². The quantitative estimate of drug-likeness (QED) is 0.668. The van der Waals surface area contributed by atoms with Crippen LogP contribution in [0.25, 0.3) is 11.0 Å². The van der Waals surface area contributed by atoms with Crippen LogP contribution in [0.3, 0.4) is 0 Å². The van der Waals surface area contributed by atoms with E-state index in [0.717, 1.165) is 17.2 Å². The zero-order valence-corrected chi connectivity index (χ0v) is 12.7. The molecule has 0 saturated carbocycles. The summed E-state index contributed by atoms with van der Waals surface area (Å²) < 4.78 is 8.32. The molecule has 0 bridgehead atoms. The summed E-state index contributed by atoms with van der Waals surface area (Å²) in [6.07, 6.45) is 0. The van der Waals surface area contributed by atoms with Crippen molar-refractivity contribution in [3.8, 4) is 0 Å². The topological polar surface area (TPSA) is 114 Å². The van der Waals surface area contributed by atoms with E-state index >= 15 is 0 Å². The largest absolute Gasteiger partial charge is 0.480 e. The van der Waals surface area contributed by atoms with E-state index in [2.05, 4.69) is 19.0 Å². The number of nitrogens with zero attached hydrogens (tertiary/aromatic N) is 3. The van der Waals surface area contributed by atoms with E-state index in [1.165, 1.54) is 11.3 Å². The van der Waals surface area contributed by atoms with Gasteiger partial charge in [-0.3, -0.25) is 4.79 Å². The number of benzene rings is 1. The Morgan fingerprint density at radius 3 is 3.00 bits per heavy atom. The molecule has 4 N–H and O–H groups in total. The van der Waals surface area contributed by atoms with Gasteiger partial charge < -0.3 is 16.2 Å². The van der Waals surface area contributed by atoms with Gasteiger partial charge in [0.25, 0.3) is 0 Å². The third-order valence-electron chi connectivity index (χ3n) is 2.72. The normalized spacial score (nSPS) is 12.5. The van der Waals surface area contributed by atoms with Gasteiger partial charge in [-0.15, -0.1) is 11.3 Å². The Kier molecular flexibility index (Phi) is 3.72. The van der Waals surface area contributed by atoms with Crippen LogP contribution in [0, 0.1) is 0 Å². The summed E-state index contributed by atoms with van der Waals surface area (Å²) in [6.45, 7) is 0. The second kappa shape index (κ2) is 5.53. The lowest BCUT2D eigenvalue weighted by molar-refractivity contribution is -0.138. The zero-order chi connectivity index (χ0) is 15.0. The number of carbonyl (C=O) groups is 1. The van der Waals surface area contributed by atoms with Crippen molar-refractivity contribution in [3.63, 3.8) is 0 Å². The average molecular weight is 342 g/mol. The van der Waals surface area contributed by atoms with Crippen LogP contribution >= 0.6 is 34.7 Å². The Morgan fingerprint density at radius 2 is 2.24 bits per heavy atom.